The van der Waals surface area contributed by atoms with Crippen molar-refractivity contribution in [1.82, 2.24) is 9.97 Å². The Morgan fingerprint density at radius 1 is 1.05 bits per heavy atom. The van der Waals surface area contributed by atoms with Crippen molar-refractivity contribution < 1.29 is 9.47 Å². The second kappa shape index (κ2) is 5.46. The Morgan fingerprint density at radius 2 is 1.95 bits per heavy atom. The molecule has 0 unspecified atom stereocenters. The van der Waals surface area contributed by atoms with Gasteiger partial charge in [0.1, 0.15) is 12.1 Å². The van der Waals surface area contributed by atoms with Crippen LogP contribution in [0.15, 0.2) is 47.2 Å². The molecule has 0 aliphatic carbocycles. The molecule has 6 heteroatoms. The molecular weight excluding hydrogens is 346 g/mol. The Morgan fingerprint density at radius 3 is 2.91 bits per heavy atom. The monoisotopic (exact) mass is 357 g/mol. The summed E-state index contributed by atoms with van der Waals surface area (Å²) in [4.78, 5) is 8.61. The number of nitrogens with zero attached hydrogens (tertiary/aromatic N) is 2. The lowest BCUT2D eigenvalue weighted by atomic mass is 10.2. The molecule has 4 rings (SSSR count). The van der Waals surface area contributed by atoms with Crippen LogP contribution in [0.25, 0.3) is 10.9 Å². The van der Waals surface area contributed by atoms with Crippen LogP contribution >= 0.6 is 15.9 Å². The fraction of sp³-hybridized carbons (Fsp3) is 0.125. The lowest BCUT2D eigenvalue weighted by Crippen LogP contribution is -2.02. The van der Waals surface area contributed by atoms with E-state index in [2.05, 4.69) is 31.2 Å². The van der Waals surface area contributed by atoms with Gasteiger partial charge in [0, 0.05) is 16.4 Å². The molecule has 0 saturated heterocycles. The molecule has 1 aliphatic rings. The summed E-state index contributed by atoms with van der Waals surface area (Å²) in [6.07, 6.45) is 1.57. The van der Waals surface area contributed by atoms with Crippen molar-refractivity contribution >= 4 is 32.7 Å². The minimum Gasteiger partial charge on any atom is -0.454 e. The van der Waals surface area contributed by atoms with E-state index in [1.165, 1.54) is 0 Å². The summed E-state index contributed by atoms with van der Waals surface area (Å²) < 4.78 is 11.7. The van der Waals surface area contributed by atoms with Crippen LogP contribution in [0, 0.1) is 0 Å². The van der Waals surface area contributed by atoms with Crippen LogP contribution < -0.4 is 14.8 Å². The van der Waals surface area contributed by atoms with Gasteiger partial charge in [-0.1, -0.05) is 22.0 Å². The van der Waals surface area contributed by atoms with Crippen molar-refractivity contribution in [3.05, 3.63) is 52.8 Å². The number of benzene rings is 2. The van der Waals surface area contributed by atoms with Gasteiger partial charge in [-0.15, -0.1) is 0 Å². The molecule has 0 fully saturated rings. The number of ether oxygens (including phenoxy) is 2. The summed E-state index contributed by atoms with van der Waals surface area (Å²) in [5.41, 5.74) is 2.01. The number of nitrogens with one attached hydrogen (secondary N) is 1. The number of aromatic nitrogens is 2. The first kappa shape index (κ1) is 13.3. The molecule has 0 bridgehead atoms. The molecule has 0 saturated carbocycles. The quantitative estimate of drug-likeness (QED) is 0.773. The van der Waals surface area contributed by atoms with Gasteiger partial charge in [-0.2, -0.15) is 0 Å². The smallest absolute Gasteiger partial charge is 0.231 e. The van der Waals surface area contributed by atoms with Crippen LogP contribution in [0.4, 0.5) is 5.82 Å². The van der Waals surface area contributed by atoms with E-state index in [-0.39, 0.29) is 6.79 Å². The fourth-order valence-electron chi connectivity index (χ4n) is 2.41. The van der Waals surface area contributed by atoms with Gasteiger partial charge in [0.2, 0.25) is 6.79 Å². The van der Waals surface area contributed by atoms with Gasteiger partial charge in [0.05, 0.1) is 5.52 Å². The topological polar surface area (TPSA) is 56.3 Å². The zero-order chi connectivity index (χ0) is 14.9. The van der Waals surface area contributed by atoms with Gasteiger partial charge in [-0.25, -0.2) is 9.97 Å². The summed E-state index contributed by atoms with van der Waals surface area (Å²) in [7, 11) is 0. The van der Waals surface area contributed by atoms with Crippen LogP contribution in [0.5, 0.6) is 11.5 Å². The van der Waals surface area contributed by atoms with Crippen LogP contribution in [-0.2, 0) is 6.54 Å². The maximum atomic E-state index is 5.40. The average Bonchev–Trinajstić information content (AvgIpc) is 3.00. The molecule has 0 radical (unpaired) electrons. The van der Waals surface area contributed by atoms with E-state index in [0.29, 0.717) is 6.54 Å². The van der Waals surface area contributed by atoms with Crippen molar-refractivity contribution in [3.63, 3.8) is 0 Å². The molecular formula is C16H12BrN3O2. The Balaban J connectivity index is 1.60. The van der Waals surface area contributed by atoms with E-state index in [1.807, 2.05) is 36.4 Å². The van der Waals surface area contributed by atoms with Crippen molar-refractivity contribution in [2.45, 2.75) is 6.54 Å². The first-order valence-electron chi connectivity index (χ1n) is 6.82. The number of hydrogen-bond donors (Lipinski definition) is 1. The number of anilines is 1. The Kier molecular flexibility index (Phi) is 3.31. The molecule has 5 nitrogen and oxygen atoms in total. The summed E-state index contributed by atoms with van der Waals surface area (Å²) in [6.45, 7) is 0.937. The predicted molar refractivity (Wildman–Crippen MR) is 87.1 cm³/mol. The van der Waals surface area contributed by atoms with Crippen molar-refractivity contribution in [2.24, 2.45) is 0 Å². The average molecular weight is 358 g/mol. The van der Waals surface area contributed by atoms with Gasteiger partial charge in [0.25, 0.3) is 0 Å². The molecule has 0 spiro atoms. The van der Waals surface area contributed by atoms with E-state index in [1.54, 1.807) is 6.33 Å². The molecule has 2 heterocycles. The van der Waals surface area contributed by atoms with Crippen LogP contribution in [0.2, 0.25) is 0 Å². The summed E-state index contributed by atoms with van der Waals surface area (Å²) >= 11 is 3.48. The van der Waals surface area contributed by atoms with Gasteiger partial charge >= 0.3 is 0 Å². The third-order valence-corrected chi connectivity index (χ3v) is 3.99. The fourth-order valence-corrected chi connectivity index (χ4v) is 2.77. The molecule has 1 aromatic heterocycles. The summed E-state index contributed by atoms with van der Waals surface area (Å²) in [5.74, 6) is 2.39. The molecule has 0 atom stereocenters. The van der Waals surface area contributed by atoms with Crippen molar-refractivity contribution in [2.75, 3.05) is 12.1 Å². The van der Waals surface area contributed by atoms with Gasteiger partial charge in [-0.3, -0.25) is 0 Å². The number of rotatable bonds is 3. The SMILES string of the molecule is Brc1ccc2ncnc(NCc3ccc4c(c3)OCO4)c2c1. The zero-order valence-corrected chi connectivity index (χ0v) is 13.1. The predicted octanol–water partition coefficient (Wildman–Crippen LogP) is 3.73. The number of fused-ring (bicyclic) bond motifs is 2. The molecule has 0 amide bonds. The molecule has 110 valence electrons. The van der Waals surface area contributed by atoms with E-state index in [0.717, 1.165) is 38.3 Å². The van der Waals surface area contributed by atoms with Crippen LogP contribution in [-0.4, -0.2) is 16.8 Å². The second-order valence-electron chi connectivity index (χ2n) is 4.92. The van der Waals surface area contributed by atoms with E-state index >= 15 is 0 Å². The van der Waals surface area contributed by atoms with E-state index in [4.69, 9.17) is 9.47 Å². The van der Waals surface area contributed by atoms with E-state index in [9.17, 15) is 0 Å². The molecule has 1 aliphatic heterocycles. The van der Waals surface area contributed by atoms with Crippen LogP contribution in [0.3, 0.4) is 0 Å². The standard InChI is InChI=1S/C16H12BrN3O2/c17-11-2-3-13-12(6-11)16(20-8-19-13)18-7-10-1-4-14-15(5-10)22-9-21-14/h1-6,8H,7,9H2,(H,18,19,20). The Bertz CT molecular complexity index is 854. The highest BCUT2D eigenvalue weighted by atomic mass is 79.9. The van der Waals surface area contributed by atoms with Gasteiger partial charge in [0.15, 0.2) is 11.5 Å². The van der Waals surface area contributed by atoms with E-state index < -0.39 is 0 Å². The van der Waals surface area contributed by atoms with Crippen molar-refractivity contribution in [1.29, 1.82) is 0 Å². The van der Waals surface area contributed by atoms with Crippen molar-refractivity contribution in [3.8, 4) is 11.5 Å². The lowest BCUT2D eigenvalue weighted by molar-refractivity contribution is 0.174. The van der Waals surface area contributed by atoms with Gasteiger partial charge < -0.3 is 14.8 Å². The summed E-state index contributed by atoms with van der Waals surface area (Å²) in [6, 6.07) is 11.9. The third kappa shape index (κ3) is 2.46. The lowest BCUT2D eigenvalue weighted by Gasteiger charge is -2.09. The third-order valence-electron chi connectivity index (χ3n) is 3.49. The number of hydrogen-bond acceptors (Lipinski definition) is 5. The maximum absolute atomic E-state index is 5.40. The molecule has 1 N–H and O–H groups in total. The first-order chi connectivity index (χ1) is 10.8. The molecule has 22 heavy (non-hydrogen) atoms. The van der Waals surface area contributed by atoms with Crippen LogP contribution in [0.1, 0.15) is 5.56 Å². The Hall–Kier alpha value is -2.34. The highest BCUT2D eigenvalue weighted by Gasteiger charge is 2.13. The minimum absolute atomic E-state index is 0.288. The van der Waals surface area contributed by atoms with Gasteiger partial charge in [-0.05, 0) is 35.9 Å². The second-order valence-corrected chi connectivity index (χ2v) is 5.84. The molecule has 3 aromatic rings. The normalized spacial score (nSPS) is 12.6. The Labute approximate surface area is 135 Å². The highest BCUT2D eigenvalue weighted by molar-refractivity contribution is 9.10. The first-order valence-corrected chi connectivity index (χ1v) is 7.61. The molecule has 2 aromatic carbocycles. The minimum atomic E-state index is 0.288. The largest absolute Gasteiger partial charge is 0.454 e. The maximum Gasteiger partial charge on any atom is 0.231 e. The highest BCUT2D eigenvalue weighted by Crippen LogP contribution is 2.32. The summed E-state index contributed by atoms with van der Waals surface area (Å²) in [5, 5.41) is 4.34. The zero-order valence-electron chi connectivity index (χ0n) is 11.5. The number of halogens is 1.